The van der Waals surface area contributed by atoms with E-state index in [0.29, 0.717) is 31.4 Å². The van der Waals surface area contributed by atoms with Gasteiger partial charge >= 0.3 is 6.18 Å². The Labute approximate surface area is 225 Å². The zero-order chi connectivity index (χ0) is 28.4. The van der Waals surface area contributed by atoms with Crippen molar-refractivity contribution in [2.45, 2.75) is 46.0 Å². The highest BCUT2D eigenvalue weighted by molar-refractivity contribution is 6.07. The molecule has 0 radical (unpaired) electrons. The fourth-order valence-electron chi connectivity index (χ4n) is 4.53. The van der Waals surface area contributed by atoms with Gasteiger partial charge in [0.2, 0.25) is 5.56 Å². The second-order valence-electron chi connectivity index (χ2n) is 10.8. The lowest BCUT2D eigenvalue weighted by molar-refractivity contribution is -0.138. The van der Waals surface area contributed by atoms with E-state index in [-0.39, 0.29) is 5.54 Å². The van der Waals surface area contributed by atoms with Gasteiger partial charge in [0.1, 0.15) is 0 Å². The molecular formula is C29H34F3N5O2. The van der Waals surface area contributed by atoms with E-state index >= 15 is 0 Å². The minimum Gasteiger partial charge on any atom is -0.367 e. The third-order valence-corrected chi connectivity index (χ3v) is 6.61. The lowest BCUT2D eigenvalue weighted by Gasteiger charge is -2.31. The number of H-pyrrole nitrogens is 1. The fourth-order valence-corrected chi connectivity index (χ4v) is 4.53. The monoisotopic (exact) mass is 541 g/mol. The molecule has 1 saturated heterocycles. The Hall–Kier alpha value is -3.63. The van der Waals surface area contributed by atoms with Crippen molar-refractivity contribution in [2.75, 3.05) is 36.4 Å². The summed E-state index contributed by atoms with van der Waals surface area (Å²) < 4.78 is 40.9. The van der Waals surface area contributed by atoms with Crippen LogP contribution < -0.4 is 26.4 Å². The van der Waals surface area contributed by atoms with E-state index < -0.39 is 28.8 Å². The molecule has 1 aromatic heterocycles. The molecule has 1 fully saturated rings. The largest absolute Gasteiger partial charge is 0.417 e. The van der Waals surface area contributed by atoms with Crippen LogP contribution >= 0.6 is 0 Å². The first-order valence-electron chi connectivity index (χ1n) is 12.9. The predicted molar refractivity (Wildman–Crippen MR) is 148 cm³/mol. The average molecular weight is 542 g/mol. The lowest BCUT2D eigenvalue weighted by atomic mass is 9.96. The highest BCUT2D eigenvalue weighted by Crippen LogP contribution is 2.35. The van der Waals surface area contributed by atoms with Gasteiger partial charge in [-0.05, 0) is 68.1 Å². The van der Waals surface area contributed by atoms with Gasteiger partial charge in [-0.25, -0.2) is 0 Å². The number of carbonyl (C=O) groups excluding carboxylic acids is 1. The molecule has 0 saturated carbocycles. The van der Waals surface area contributed by atoms with Crippen LogP contribution in [-0.2, 0) is 12.7 Å². The van der Waals surface area contributed by atoms with Crippen molar-refractivity contribution < 1.29 is 18.0 Å². The van der Waals surface area contributed by atoms with Crippen LogP contribution in [0, 0.1) is 6.92 Å². The Kier molecular flexibility index (Phi) is 8.17. The summed E-state index contributed by atoms with van der Waals surface area (Å²) >= 11 is 0. The number of halogens is 3. The molecule has 1 amide bonds. The van der Waals surface area contributed by atoms with Crippen LogP contribution in [-0.4, -0.2) is 42.6 Å². The van der Waals surface area contributed by atoms with E-state index in [1.54, 1.807) is 6.07 Å². The minimum atomic E-state index is -4.86. The Balaban J connectivity index is 1.74. The van der Waals surface area contributed by atoms with Crippen LogP contribution in [0.5, 0.6) is 0 Å². The second-order valence-corrected chi connectivity index (χ2v) is 10.8. The maximum atomic E-state index is 13.6. The molecule has 4 rings (SSSR count). The van der Waals surface area contributed by atoms with E-state index in [2.05, 4.69) is 58.7 Å². The van der Waals surface area contributed by atoms with Crippen molar-refractivity contribution in [3.8, 4) is 11.1 Å². The number of nitrogens with zero attached hydrogens (tertiary/aromatic N) is 1. The van der Waals surface area contributed by atoms with Crippen molar-refractivity contribution in [2.24, 2.45) is 0 Å². The summed E-state index contributed by atoms with van der Waals surface area (Å²) in [6.07, 6.45) is -4.05. The van der Waals surface area contributed by atoms with E-state index in [1.807, 2.05) is 25.1 Å². The third kappa shape index (κ3) is 7.07. The standard InChI is InChI=1S/C29H34F3N5O2/c1-18-5-6-19(16-35-28(2,3)4)13-21(18)20-7-8-25(37-11-9-33-10-12-37)24(14-20)36-27(39)22-17-34-26(38)15-23(22)29(30,31)32/h5-8,13-15,17,33,35H,9-12,16H2,1-4H3,(H,34,38)(H,36,39). The molecular weight excluding hydrogens is 507 g/mol. The van der Waals surface area contributed by atoms with Gasteiger partial charge in [0, 0.05) is 50.5 Å². The highest BCUT2D eigenvalue weighted by Gasteiger charge is 2.36. The Morgan fingerprint density at radius 3 is 2.41 bits per heavy atom. The quantitative estimate of drug-likeness (QED) is 0.356. The minimum absolute atomic E-state index is 0.0512. The van der Waals surface area contributed by atoms with Crippen molar-refractivity contribution in [3.05, 3.63) is 81.3 Å². The molecule has 0 atom stereocenters. The van der Waals surface area contributed by atoms with Gasteiger partial charge in [-0.15, -0.1) is 0 Å². The van der Waals surface area contributed by atoms with Crippen molar-refractivity contribution in [3.63, 3.8) is 0 Å². The first kappa shape index (κ1) is 28.4. The summed E-state index contributed by atoms with van der Waals surface area (Å²) in [6.45, 7) is 11.8. The van der Waals surface area contributed by atoms with Gasteiger partial charge < -0.3 is 25.8 Å². The molecule has 3 aromatic rings. The Morgan fingerprint density at radius 2 is 1.74 bits per heavy atom. The molecule has 0 unspecified atom stereocenters. The number of amides is 1. The maximum absolute atomic E-state index is 13.6. The van der Waals surface area contributed by atoms with E-state index in [9.17, 15) is 22.8 Å². The molecule has 0 aliphatic carbocycles. The maximum Gasteiger partial charge on any atom is 0.417 e. The fraction of sp³-hybridized carbons (Fsp3) is 0.379. The molecule has 1 aliphatic heterocycles. The topological polar surface area (TPSA) is 89.3 Å². The number of aryl methyl sites for hydroxylation is 1. The molecule has 0 spiro atoms. The number of benzene rings is 2. The molecule has 2 aromatic carbocycles. The van der Waals surface area contributed by atoms with E-state index in [4.69, 9.17) is 0 Å². The van der Waals surface area contributed by atoms with Gasteiger partial charge in [-0.3, -0.25) is 9.59 Å². The lowest BCUT2D eigenvalue weighted by Crippen LogP contribution is -2.43. The molecule has 10 heteroatoms. The first-order valence-corrected chi connectivity index (χ1v) is 12.9. The zero-order valence-electron chi connectivity index (χ0n) is 22.6. The number of alkyl halides is 3. The number of aromatic nitrogens is 1. The molecule has 4 N–H and O–H groups in total. The highest BCUT2D eigenvalue weighted by atomic mass is 19.4. The number of aromatic amines is 1. The van der Waals surface area contributed by atoms with Gasteiger partial charge in [0.05, 0.1) is 22.5 Å². The van der Waals surface area contributed by atoms with Crippen LogP contribution in [0.15, 0.2) is 53.5 Å². The van der Waals surface area contributed by atoms with Crippen LogP contribution in [0.1, 0.15) is 47.8 Å². The van der Waals surface area contributed by atoms with Gasteiger partial charge in [-0.2, -0.15) is 13.2 Å². The van der Waals surface area contributed by atoms with Crippen LogP contribution in [0.2, 0.25) is 0 Å². The molecule has 39 heavy (non-hydrogen) atoms. The summed E-state index contributed by atoms with van der Waals surface area (Å²) in [4.78, 5) is 29.1. The molecule has 7 nitrogen and oxygen atoms in total. The van der Waals surface area contributed by atoms with Crippen LogP contribution in [0.4, 0.5) is 24.5 Å². The normalized spacial score (nSPS) is 14.4. The summed E-state index contributed by atoms with van der Waals surface area (Å²) in [5.74, 6) is -0.952. The number of anilines is 2. The van der Waals surface area contributed by atoms with E-state index in [0.717, 1.165) is 47.2 Å². The van der Waals surface area contributed by atoms with Gasteiger partial charge in [-0.1, -0.05) is 18.2 Å². The van der Waals surface area contributed by atoms with Crippen molar-refractivity contribution in [1.29, 1.82) is 0 Å². The van der Waals surface area contributed by atoms with Crippen LogP contribution in [0.3, 0.4) is 0 Å². The Bertz CT molecular complexity index is 1400. The summed E-state index contributed by atoms with van der Waals surface area (Å²) in [6, 6.07) is 12.3. The molecule has 0 bridgehead atoms. The van der Waals surface area contributed by atoms with Gasteiger partial charge in [0.15, 0.2) is 0 Å². The molecule has 208 valence electrons. The number of hydrogen-bond donors (Lipinski definition) is 4. The summed E-state index contributed by atoms with van der Waals surface area (Å²) in [5.41, 5.74) is 2.12. The SMILES string of the molecule is Cc1ccc(CNC(C)(C)C)cc1-c1ccc(N2CCNCC2)c(NC(=O)c2c[nH]c(=O)cc2C(F)(F)F)c1. The smallest absolute Gasteiger partial charge is 0.367 e. The van der Waals surface area contributed by atoms with E-state index in [1.165, 1.54) is 0 Å². The summed E-state index contributed by atoms with van der Waals surface area (Å²) in [5, 5.41) is 9.47. The van der Waals surface area contributed by atoms with Crippen molar-refractivity contribution >= 4 is 17.3 Å². The number of pyridine rings is 1. The molecule has 2 heterocycles. The number of piperazine rings is 1. The first-order chi connectivity index (χ1) is 18.3. The number of nitrogens with one attached hydrogen (secondary N) is 4. The number of hydrogen-bond acceptors (Lipinski definition) is 5. The average Bonchev–Trinajstić information content (AvgIpc) is 2.87. The Morgan fingerprint density at radius 1 is 1.03 bits per heavy atom. The number of carbonyl (C=O) groups is 1. The molecule has 1 aliphatic rings. The van der Waals surface area contributed by atoms with Crippen molar-refractivity contribution in [1.82, 2.24) is 15.6 Å². The predicted octanol–water partition coefficient (Wildman–Crippen LogP) is 4.92. The zero-order valence-corrected chi connectivity index (χ0v) is 22.6. The van der Waals surface area contributed by atoms with Crippen LogP contribution in [0.25, 0.3) is 11.1 Å². The number of rotatable bonds is 6. The third-order valence-electron chi connectivity index (χ3n) is 6.61. The van der Waals surface area contributed by atoms with Gasteiger partial charge in [0.25, 0.3) is 5.91 Å². The summed E-state index contributed by atoms with van der Waals surface area (Å²) in [7, 11) is 0. The second kappa shape index (κ2) is 11.2.